The van der Waals surface area contributed by atoms with Crippen molar-refractivity contribution in [3.63, 3.8) is 0 Å². The van der Waals surface area contributed by atoms with Crippen LogP contribution < -0.4 is 5.73 Å². The van der Waals surface area contributed by atoms with Crippen LogP contribution in [0.25, 0.3) is 0 Å². The SMILES string of the molecule is C=C1CC(N)[C@H](C(=O)O)C1. The summed E-state index contributed by atoms with van der Waals surface area (Å²) in [5, 5.41) is 8.58. The minimum absolute atomic E-state index is 0.218. The molecular formula is C7H11NO2. The van der Waals surface area contributed by atoms with Crippen LogP contribution in [-0.2, 0) is 4.79 Å². The molecule has 2 atom stereocenters. The number of carboxylic acids is 1. The van der Waals surface area contributed by atoms with E-state index >= 15 is 0 Å². The molecule has 0 aliphatic heterocycles. The summed E-state index contributed by atoms with van der Waals surface area (Å²) in [6.07, 6.45) is 1.22. The number of carbonyl (C=O) groups is 1. The smallest absolute Gasteiger partial charge is 0.308 e. The van der Waals surface area contributed by atoms with Gasteiger partial charge in [0, 0.05) is 6.04 Å². The summed E-state index contributed by atoms with van der Waals surface area (Å²) in [5.74, 6) is -1.20. The van der Waals surface area contributed by atoms with E-state index in [1.807, 2.05) is 0 Å². The first-order valence-corrected chi connectivity index (χ1v) is 3.26. The zero-order valence-corrected chi connectivity index (χ0v) is 5.71. The van der Waals surface area contributed by atoms with Gasteiger partial charge in [-0.2, -0.15) is 0 Å². The van der Waals surface area contributed by atoms with Crippen molar-refractivity contribution in [1.29, 1.82) is 0 Å². The van der Waals surface area contributed by atoms with Crippen molar-refractivity contribution in [3.8, 4) is 0 Å². The number of rotatable bonds is 1. The van der Waals surface area contributed by atoms with Gasteiger partial charge in [-0.25, -0.2) is 0 Å². The maximum atomic E-state index is 10.4. The molecule has 1 aliphatic rings. The van der Waals surface area contributed by atoms with Gasteiger partial charge in [0.25, 0.3) is 0 Å². The molecule has 0 amide bonds. The van der Waals surface area contributed by atoms with Crippen LogP contribution in [0.3, 0.4) is 0 Å². The summed E-state index contributed by atoms with van der Waals surface area (Å²) in [4.78, 5) is 10.4. The van der Waals surface area contributed by atoms with E-state index in [0.717, 1.165) is 5.57 Å². The van der Waals surface area contributed by atoms with E-state index in [1.165, 1.54) is 0 Å². The van der Waals surface area contributed by atoms with Crippen molar-refractivity contribution in [2.24, 2.45) is 11.7 Å². The van der Waals surface area contributed by atoms with E-state index in [4.69, 9.17) is 10.8 Å². The third kappa shape index (κ3) is 1.19. The molecule has 0 aromatic carbocycles. The molecule has 10 heavy (non-hydrogen) atoms. The van der Waals surface area contributed by atoms with E-state index in [2.05, 4.69) is 6.58 Å². The highest BCUT2D eigenvalue weighted by Crippen LogP contribution is 2.27. The number of hydrogen-bond acceptors (Lipinski definition) is 2. The highest BCUT2D eigenvalue weighted by Gasteiger charge is 2.31. The van der Waals surface area contributed by atoms with E-state index in [1.54, 1.807) is 0 Å². The molecule has 0 spiro atoms. The second-order valence-electron chi connectivity index (χ2n) is 2.77. The molecule has 0 bridgehead atoms. The molecule has 0 aromatic heterocycles. The maximum Gasteiger partial charge on any atom is 0.308 e. The fraction of sp³-hybridized carbons (Fsp3) is 0.571. The molecule has 1 saturated carbocycles. The molecule has 56 valence electrons. The van der Waals surface area contributed by atoms with Crippen molar-refractivity contribution in [3.05, 3.63) is 12.2 Å². The topological polar surface area (TPSA) is 63.3 Å². The van der Waals surface area contributed by atoms with Crippen molar-refractivity contribution in [2.45, 2.75) is 18.9 Å². The van der Waals surface area contributed by atoms with Gasteiger partial charge in [-0.15, -0.1) is 0 Å². The Hall–Kier alpha value is -0.830. The summed E-state index contributed by atoms with van der Waals surface area (Å²) in [6.45, 7) is 3.69. The predicted molar refractivity (Wildman–Crippen MR) is 37.5 cm³/mol. The standard InChI is InChI=1S/C7H11NO2/c1-4-2-5(7(9)10)6(8)3-4/h5-6H,1-3,8H2,(H,9,10)/t5-,6?/m1/s1. The van der Waals surface area contributed by atoms with Crippen molar-refractivity contribution < 1.29 is 9.90 Å². The molecule has 0 aromatic rings. The van der Waals surface area contributed by atoms with Gasteiger partial charge < -0.3 is 10.8 Å². The van der Waals surface area contributed by atoms with Crippen LogP contribution >= 0.6 is 0 Å². The molecule has 1 aliphatic carbocycles. The minimum atomic E-state index is -0.800. The van der Waals surface area contributed by atoms with Crippen molar-refractivity contribution in [2.75, 3.05) is 0 Å². The van der Waals surface area contributed by atoms with Crippen LogP contribution in [0.2, 0.25) is 0 Å². The van der Waals surface area contributed by atoms with Gasteiger partial charge >= 0.3 is 5.97 Å². The fourth-order valence-electron chi connectivity index (χ4n) is 1.29. The summed E-state index contributed by atoms with van der Waals surface area (Å²) >= 11 is 0. The largest absolute Gasteiger partial charge is 0.481 e. The lowest BCUT2D eigenvalue weighted by Crippen LogP contribution is -2.30. The Bertz CT molecular complexity index is 176. The molecule has 3 nitrogen and oxygen atoms in total. The summed E-state index contributed by atoms with van der Waals surface area (Å²) in [7, 11) is 0. The van der Waals surface area contributed by atoms with Gasteiger partial charge in [0.15, 0.2) is 0 Å². The normalized spacial score (nSPS) is 32.7. The zero-order valence-electron chi connectivity index (χ0n) is 5.71. The van der Waals surface area contributed by atoms with Gasteiger partial charge in [-0.05, 0) is 12.8 Å². The minimum Gasteiger partial charge on any atom is -0.481 e. The summed E-state index contributed by atoms with van der Waals surface area (Å²) in [6, 6.07) is -0.218. The summed E-state index contributed by atoms with van der Waals surface area (Å²) < 4.78 is 0. The Morgan fingerprint density at radius 2 is 2.30 bits per heavy atom. The van der Waals surface area contributed by atoms with Crippen LogP contribution in [0.15, 0.2) is 12.2 Å². The van der Waals surface area contributed by atoms with Gasteiger partial charge in [0.1, 0.15) is 0 Å². The van der Waals surface area contributed by atoms with Crippen LogP contribution in [0.5, 0.6) is 0 Å². The Kier molecular flexibility index (Phi) is 1.76. The Balaban J connectivity index is 2.63. The summed E-state index contributed by atoms with van der Waals surface area (Å²) in [5.41, 5.74) is 6.49. The number of nitrogens with two attached hydrogens (primary N) is 1. The van der Waals surface area contributed by atoms with E-state index in [9.17, 15) is 4.79 Å². The molecule has 1 fully saturated rings. The average molecular weight is 141 g/mol. The number of carboxylic acid groups (broad SMARTS) is 1. The van der Waals surface area contributed by atoms with Gasteiger partial charge in [0.05, 0.1) is 5.92 Å². The van der Waals surface area contributed by atoms with E-state index < -0.39 is 11.9 Å². The third-order valence-corrected chi connectivity index (χ3v) is 1.87. The predicted octanol–water partition coefficient (Wildman–Crippen LogP) is 0.365. The zero-order chi connectivity index (χ0) is 7.72. The average Bonchev–Trinajstić information content (AvgIpc) is 2.10. The first-order chi connectivity index (χ1) is 4.61. The van der Waals surface area contributed by atoms with Crippen LogP contribution in [0.1, 0.15) is 12.8 Å². The molecule has 1 unspecified atom stereocenters. The number of aliphatic carboxylic acids is 1. The van der Waals surface area contributed by atoms with Crippen molar-refractivity contribution >= 4 is 5.97 Å². The van der Waals surface area contributed by atoms with E-state index in [0.29, 0.717) is 12.8 Å². The Morgan fingerprint density at radius 3 is 2.50 bits per heavy atom. The molecule has 3 heteroatoms. The molecule has 1 rings (SSSR count). The van der Waals surface area contributed by atoms with E-state index in [-0.39, 0.29) is 6.04 Å². The quantitative estimate of drug-likeness (QED) is 0.518. The number of hydrogen-bond donors (Lipinski definition) is 2. The van der Waals surface area contributed by atoms with Gasteiger partial charge in [-0.1, -0.05) is 12.2 Å². The fourth-order valence-corrected chi connectivity index (χ4v) is 1.29. The highest BCUT2D eigenvalue weighted by atomic mass is 16.4. The Morgan fingerprint density at radius 1 is 1.70 bits per heavy atom. The lowest BCUT2D eigenvalue weighted by molar-refractivity contribution is -0.141. The first-order valence-electron chi connectivity index (χ1n) is 3.26. The second-order valence-corrected chi connectivity index (χ2v) is 2.77. The first kappa shape index (κ1) is 7.28. The monoisotopic (exact) mass is 141 g/mol. The van der Waals surface area contributed by atoms with Crippen molar-refractivity contribution in [1.82, 2.24) is 0 Å². The molecule has 0 heterocycles. The molecular weight excluding hydrogens is 130 g/mol. The van der Waals surface area contributed by atoms with Gasteiger partial charge in [-0.3, -0.25) is 4.79 Å². The Labute approximate surface area is 59.5 Å². The third-order valence-electron chi connectivity index (χ3n) is 1.87. The van der Waals surface area contributed by atoms with Gasteiger partial charge in [0.2, 0.25) is 0 Å². The molecule has 0 radical (unpaired) electrons. The lowest BCUT2D eigenvalue weighted by atomic mass is 10.1. The molecule has 0 saturated heterocycles. The molecule has 3 N–H and O–H groups in total. The lowest BCUT2D eigenvalue weighted by Gasteiger charge is -2.07. The van der Waals surface area contributed by atoms with Crippen LogP contribution in [0, 0.1) is 5.92 Å². The highest BCUT2D eigenvalue weighted by molar-refractivity contribution is 5.72. The van der Waals surface area contributed by atoms with Crippen LogP contribution in [0.4, 0.5) is 0 Å². The maximum absolute atomic E-state index is 10.4. The second kappa shape index (κ2) is 2.42. The van der Waals surface area contributed by atoms with Crippen LogP contribution in [-0.4, -0.2) is 17.1 Å².